The smallest absolute Gasteiger partial charge is 0.241 e. The highest BCUT2D eigenvalue weighted by Gasteiger charge is 2.36. The van der Waals surface area contributed by atoms with Gasteiger partial charge in [0.2, 0.25) is 5.91 Å². The zero-order valence-electron chi connectivity index (χ0n) is 16.3. The number of benzene rings is 1. The number of aliphatic hydroxyl groups is 1. The normalized spacial score (nSPS) is 20.5. The lowest BCUT2D eigenvalue weighted by molar-refractivity contribution is -0.121. The first-order chi connectivity index (χ1) is 12.3. The summed E-state index contributed by atoms with van der Waals surface area (Å²) in [5.41, 5.74) is 2.78. The first-order valence-electron chi connectivity index (χ1n) is 9.52. The van der Waals surface area contributed by atoms with Crippen molar-refractivity contribution in [2.24, 2.45) is 0 Å². The minimum Gasteiger partial charge on any atom is -0.494 e. The lowest BCUT2D eigenvalue weighted by Gasteiger charge is -2.43. The highest BCUT2D eigenvalue weighted by molar-refractivity contribution is 6.01. The molecule has 0 radical (unpaired) electrons. The molecule has 0 unspecified atom stereocenters. The summed E-state index contributed by atoms with van der Waals surface area (Å²) in [7, 11) is 0. The van der Waals surface area contributed by atoms with Crippen LogP contribution < -0.4 is 9.64 Å². The van der Waals surface area contributed by atoms with E-state index in [-0.39, 0.29) is 17.6 Å². The van der Waals surface area contributed by atoms with Gasteiger partial charge in [-0.05, 0) is 64.3 Å². The Labute approximate surface area is 156 Å². The molecule has 142 valence electrons. The Balaban J connectivity index is 1.87. The van der Waals surface area contributed by atoms with Crippen LogP contribution in [0.5, 0.6) is 5.75 Å². The summed E-state index contributed by atoms with van der Waals surface area (Å²) in [6.45, 7) is 10.8. The molecule has 0 atom stereocenters. The van der Waals surface area contributed by atoms with Crippen LogP contribution in [0.3, 0.4) is 0 Å². The molecule has 26 heavy (non-hydrogen) atoms. The molecule has 2 heterocycles. The van der Waals surface area contributed by atoms with Crippen LogP contribution in [0.25, 0.3) is 5.57 Å². The number of carbonyl (C=O) groups excluding carboxylic acids is 1. The third kappa shape index (κ3) is 3.79. The molecule has 0 aliphatic carbocycles. The predicted molar refractivity (Wildman–Crippen MR) is 105 cm³/mol. The van der Waals surface area contributed by atoms with Crippen molar-refractivity contribution in [2.45, 2.75) is 52.2 Å². The number of anilines is 1. The average molecular weight is 358 g/mol. The Bertz CT molecular complexity index is 703. The summed E-state index contributed by atoms with van der Waals surface area (Å²) in [5.74, 6) is 0.927. The van der Waals surface area contributed by atoms with Crippen molar-refractivity contribution < 1.29 is 14.6 Å². The van der Waals surface area contributed by atoms with Crippen molar-refractivity contribution in [1.82, 2.24) is 4.90 Å². The van der Waals surface area contributed by atoms with E-state index >= 15 is 0 Å². The molecule has 0 bridgehead atoms. The second-order valence-electron chi connectivity index (χ2n) is 7.83. The van der Waals surface area contributed by atoms with Gasteiger partial charge in [0.05, 0.1) is 30.5 Å². The van der Waals surface area contributed by atoms with Gasteiger partial charge in [-0.2, -0.15) is 0 Å². The van der Waals surface area contributed by atoms with E-state index in [1.54, 1.807) is 0 Å². The maximum atomic E-state index is 13.2. The Morgan fingerprint density at radius 1 is 1.31 bits per heavy atom. The summed E-state index contributed by atoms with van der Waals surface area (Å²) >= 11 is 0. The quantitative estimate of drug-likeness (QED) is 0.899. The van der Waals surface area contributed by atoms with Crippen LogP contribution in [0.2, 0.25) is 0 Å². The first kappa shape index (κ1) is 18.9. The number of hydrogen-bond acceptors (Lipinski definition) is 4. The van der Waals surface area contributed by atoms with Crippen molar-refractivity contribution >= 4 is 17.2 Å². The number of aliphatic hydroxyl groups excluding tert-OH is 1. The summed E-state index contributed by atoms with van der Waals surface area (Å²) in [6.07, 6.45) is 3.41. The second-order valence-corrected chi connectivity index (χ2v) is 7.83. The fourth-order valence-electron chi connectivity index (χ4n) is 4.06. The molecule has 1 N–H and O–H groups in total. The molecule has 5 nitrogen and oxygen atoms in total. The van der Waals surface area contributed by atoms with Crippen LogP contribution in [0.15, 0.2) is 24.3 Å². The summed E-state index contributed by atoms with van der Waals surface area (Å²) in [5, 5.41) is 9.68. The maximum absolute atomic E-state index is 13.2. The first-order valence-corrected chi connectivity index (χ1v) is 9.52. The molecule has 3 rings (SSSR count). The topological polar surface area (TPSA) is 53.0 Å². The number of nitrogens with zero attached hydrogens (tertiary/aromatic N) is 2. The largest absolute Gasteiger partial charge is 0.494 e. The van der Waals surface area contributed by atoms with Gasteiger partial charge in [0, 0.05) is 18.7 Å². The standard InChI is InChI=1S/C21H30N2O3/c1-5-26-17-6-7-19-18(12-17)15(2)13-21(3,4)23(19)20(25)14-22-10-8-16(24)9-11-22/h6-7,12-13,16,24H,5,8-11,14H2,1-4H3. The monoisotopic (exact) mass is 358 g/mol. The van der Waals surface area contributed by atoms with Crippen LogP contribution >= 0.6 is 0 Å². The summed E-state index contributed by atoms with van der Waals surface area (Å²) < 4.78 is 5.64. The SMILES string of the molecule is CCOc1ccc2c(c1)C(C)=CC(C)(C)N2C(=O)CN1CCC(O)CC1. The minimum absolute atomic E-state index is 0.0977. The number of piperidine rings is 1. The van der Waals surface area contributed by atoms with E-state index in [0.29, 0.717) is 13.2 Å². The van der Waals surface area contributed by atoms with Crippen LogP contribution in [0, 0.1) is 0 Å². The molecule has 5 heteroatoms. The number of hydrogen-bond donors (Lipinski definition) is 1. The van der Waals surface area contributed by atoms with Crippen LogP contribution in [0.4, 0.5) is 5.69 Å². The fourth-order valence-corrected chi connectivity index (χ4v) is 4.06. The fraction of sp³-hybridized carbons (Fsp3) is 0.571. The summed E-state index contributed by atoms with van der Waals surface area (Å²) in [4.78, 5) is 17.3. The van der Waals surface area contributed by atoms with Crippen LogP contribution in [-0.2, 0) is 4.79 Å². The average Bonchev–Trinajstić information content (AvgIpc) is 2.57. The zero-order valence-corrected chi connectivity index (χ0v) is 16.3. The number of amides is 1. The van der Waals surface area contributed by atoms with Gasteiger partial charge in [-0.3, -0.25) is 9.69 Å². The molecule has 2 aliphatic rings. The lowest BCUT2D eigenvalue weighted by atomic mass is 9.88. The van der Waals surface area contributed by atoms with Crippen LogP contribution in [-0.4, -0.2) is 53.8 Å². The molecule has 0 saturated carbocycles. The van der Waals surface area contributed by atoms with Gasteiger partial charge in [-0.15, -0.1) is 0 Å². The van der Waals surface area contributed by atoms with Crippen molar-refractivity contribution in [3.8, 4) is 5.75 Å². The Morgan fingerprint density at radius 3 is 2.65 bits per heavy atom. The van der Waals surface area contributed by atoms with E-state index in [1.165, 1.54) is 0 Å². The Morgan fingerprint density at radius 2 is 2.00 bits per heavy atom. The summed E-state index contributed by atoms with van der Waals surface area (Å²) in [6, 6.07) is 5.96. The van der Waals surface area contributed by atoms with Gasteiger partial charge in [0.15, 0.2) is 0 Å². The van der Waals surface area contributed by atoms with Crippen LogP contribution in [0.1, 0.15) is 46.1 Å². The highest BCUT2D eigenvalue weighted by atomic mass is 16.5. The molecule has 0 spiro atoms. The number of allylic oxidation sites excluding steroid dienone is 1. The number of fused-ring (bicyclic) bond motifs is 1. The van der Waals surface area contributed by atoms with E-state index < -0.39 is 0 Å². The lowest BCUT2D eigenvalue weighted by Crippen LogP contribution is -2.53. The van der Waals surface area contributed by atoms with E-state index in [1.807, 2.05) is 30.0 Å². The molecule has 0 aromatic heterocycles. The zero-order chi connectivity index (χ0) is 18.9. The van der Waals surface area contributed by atoms with E-state index in [0.717, 1.165) is 48.5 Å². The molecule has 1 amide bonds. The third-order valence-corrected chi connectivity index (χ3v) is 5.26. The van der Waals surface area contributed by atoms with E-state index in [2.05, 4.69) is 31.7 Å². The van der Waals surface area contributed by atoms with Gasteiger partial charge in [0.25, 0.3) is 0 Å². The van der Waals surface area contributed by atoms with E-state index in [9.17, 15) is 9.90 Å². The number of ether oxygens (including phenoxy) is 1. The highest BCUT2D eigenvalue weighted by Crippen LogP contribution is 2.40. The molecule has 1 aromatic rings. The second kappa shape index (κ2) is 7.41. The van der Waals surface area contributed by atoms with Gasteiger partial charge in [-0.25, -0.2) is 0 Å². The molecule has 1 aromatic carbocycles. The van der Waals surface area contributed by atoms with E-state index in [4.69, 9.17) is 4.74 Å². The van der Waals surface area contributed by atoms with Crippen molar-refractivity contribution in [2.75, 3.05) is 31.1 Å². The van der Waals surface area contributed by atoms with Crippen molar-refractivity contribution in [3.63, 3.8) is 0 Å². The minimum atomic E-state index is -0.378. The van der Waals surface area contributed by atoms with Gasteiger partial charge in [-0.1, -0.05) is 6.08 Å². The van der Waals surface area contributed by atoms with Crippen molar-refractivity contribution in [1.29, 1.82) is 0 Å². The number of carbonyl (C=O) groups is 1. The Kier molecular flexibility index (Phi) is 5.39. The third-order valence-electron chi connectivity index (χ3n) is 5.26. The number of likely N-dealkylation sites (tertiary alicyclic amines) is 1. The van der Waals surface area contributed by atoms with Crippen molar-refractivity contribution in [3.05, 3.63) is 29.8 Å². The number of rotatable bonds is 4. The van der Waals surface area contributed by atoms with Gasteiger partial charge >= 0.3 is 0 Å². The molecule has 1 fully saturated rings. The maximum Gasteiger partial charge on any atom is 0.241 e. The molecule has 1 saturated heterocycles. The molecule has 2 aliphatic heterocycles. The molecular weight excluding hydrogens is 328 g/mol. The Hall–Kier alpha value is -1.85. The predicted octanol–water partition coefficient (Wildman–Crippen LogP) is 3.07. The van der Waals surface area contributed by atoms with Gasteiger partial charge in [0.1, 0.15) is 5.75 Å². The van der Waals surface area contributed by atoms with Gasteiger partial charge < -0.3 is 14.7 Å². The molecular formula is C21H30N2O3.